The molecular weight excluding hydrogens is 196 g/mol. The summed E-state index contributed by atoms with van der Waals surface area (Å²) in [6.45, 7) is 8.67. The zero-order chi connectivity index (χ0) is 11.4. The first-order chi connectivity index (χ1) is 7.75. The second-order valence-electron chi connectivity index (χ2n) is 5.94. The van der Waals surface area contributed by atoms with E-state index in [0.717, 1.165) is 12.0 Å². The minimum Gasteiger partial charge on any atom is -0.310 e. The molecule has 1 saturated heterocycles. The maximum absolute atomic E-state index is 3.83. The van der Waals surface area contributed by atoms with Gasteiger partial charge in [0.25, 0.3) is 0 Å². The van der Waals surface area contributed by atoms with Gasteiger partial charge >= 0.3 is 0 Å². The Kier molecular flexibility index (Phi) is 4.66. The van der Waals surface area contributed by atoms with Gasteiger partial charge < -0.3 is 10.2 Å². The van der Waals surface area contributed by atoms with Gasteiger partial charge in [-0.2, -0.15) is 0 Å². The third-order valence-corrected chi connectivity index (χ3v) is 4.34. The molecule has 0 aromatic heterocycles. The van der Waals surface area contributed by atoms with Crippen LogP contribution in [0.25, 0.3) is 0 Å². The van der Waals surface area contributed by atoms with Gasteiger partial charge in [0.2, 0.25) is 0 Å². The molecule has 0 bridgehead atoms. The van der Waals surface area contributed by atoms with Gasteiger partial charge in [0.05, 0.1) is 0 Å². The molecule has 1 N–H and O–H groups in total. The molecular formula is C14H28N2. The molecule has 3 atom stereocenters. The van der Waals surface area contributed by atoms with Crippen LogP contribution in [0.4, 0.5) is 0 Å². The van der Waals surface area contributed by atoms with E-state index in [1.165, 1.54) is 58.2 Å². The van der Waals surface area contributed by atoms with Crippen molar-refractivity contribution >= 4 is 0 Å². The van der Waals surface area contributed by atoms with E-state index in [4.69, 9.17) is 0 Å². The first-order valence-corrected chi connectivity index (χ1v) is 7.24. The van der Waals surface area contributed by atoms with E-state index >= 15 is 0 Å². The van der Waals surface area contributed by atoms with Crippen molar-refractivity contribution in [2.45, 2.75) is 64.5 Å². The van der Waals surface area contributed by atoms with Crippen LogP contribution in [0.2, 0.25) is 0 Å². The van der Waals surface area contributed by atoms with Crippen LogP contribution >= 0.6 is 0 Å². The smallest absolute Gasteiger partial charge is 0.0169 e. The average Bonchev–Trinajstić information content (AvgIpc) is 2.66. The number of nitrogens with one attached hydrogen (secondary N) is 1. The van der Waals surface area contributed by atoms with Crippen molar-refractivity contribution in [3.8, 4) is 0 Å². The van der Waals surface area contributed by atoms with Crippen molar-refractivity contribution in [2.75, 3.05) is 19.6 Å². The third kappa shape index (κ3) is 3.46. The van der Waals surface area contributed by atoms with Gasteiger partial charge in [0.15, 0.2) is 0 Å². The summed E-state index contributed by atoms with van der Waals surface area (Å²) < 4.78 is 0. The van der Waals surface area contributed by atoms with Gasteiger partial charge in [0.1, 0.15) is 0 Å². The Morgan fingerprint density at radius 3 is 2.50 bits per heavy atom. The second-order valence-corrected chi connectivity index (χ2v) is 5.94. The summed E-state index contributed by atoms with van der Waals surface area (Å²) in [5, 5.41) is 3.83. The molecule has 2 heteroatoms. The normalized spacial score (nSPS) is 34.1. The van der Waals surface area contributed by atoms with Crippen LogP contribution in [0.1, 0.15) is 52.4 Å². The monoisotopic (exact) mass is 224 g/mol. The van der Waals surface area contributed by atoms with Crippen LogP contribution in [0.3, 0.4) is 0 Å². The van der Waals surface area contributed by atoms with E-state index in [-0.39, 0.29) is 0 Å². The largest absolute Gasteiger partial charge is 0.310 e. The van der Waals surface area contributed by atoms with Crippen molar-refractivity contribution in [2.24, 2.45) is 5.92 Å². The maximum Gasteiger partial charge on any atom is 0.0169 e. The molecule has 2 rings (SSSR count). The molecule has 94 valence electrons. The van der Waals surface area contributed by atoms with E-state index in [1.807, 2.05) is 0 Å². The van der Waals surface area contributed by atoms with Crippen LogP contribution < -0.4 is 5.32 Å². The lowest BCUT2D eigenvalue weighted by molar-refractivity contribution is 0.201. The molecule has 0 amide bonds. The van der Waals surface area contributed by atoms with Gasteiger partial charge in [-0.15, -0.1) is 0 Å². The highest BCUT2D eigenvalue weighted by atomic mass is 15.2. The SMILES string of the molecule is CC(CN1CCCCC1)NC1CCCC1C. The molecule has 2 fully saturated rings. The number of piperidine rings is 1. The first-order valence-electron chi connectivity index (χ1n) is 7.24. The number of rotatable bonds is 4. The minimum absolute atomic E-state index is 0.670. The van der Waals surface area contributed by atoms with Crippen molar-refractivity contribution in [1.82, 2.24) is 10.2 Å². The molecule has 2 aliphatic rings. The molecule has 1 aliphatic heterocycles. The lowest BCUT2D eigenvalue weighted by Crippen LogP contribution is -2.46. The average molecular weight is 224 g/mol. The summed E-state index contributed by atoms with van der Waals surface area (Å²) in [6.07, 6.45) is 8.51. The summed E-state index contributed by atoms with van der Waals surface area (Å²) in [5.74, 6) is 0.892. The Morgan fingerprint density at radius 2 is 1.88 bits per heavy atom. The molecule has 0 spiro atoms. The molecule has 3 unspecified atom stereocenters. The standard InChI is InChI=1S/C14H28N2/c1-12-7-6-8-14(12)15-13(2)11-16-9-4-3-5-10-16/h12-15H,3-11H2,1-2H3. The van der Waals surface area contributed by atoms with Crippen molar-refractivity contribution in [3.63, 3.8) is 0 Å². The van der Waals surface area contributed by atoms with Crippen LogP contribution in [0.5, 0.6) is 0 Å². The van der Waals surface area contributed by atoms with Gasteiger partial charge in [-0.3, -0.25) is 0 Å². The Balaban J connectivity index is 1.68. The van der Waals surface area contributed by atoms with E-state index in [0.29, 0.717) is 6.04 Å². The minimum atomic E-state index is 0.670. The molecule has 1 aliphatic carbocycles. The molecule has 0 aromatic carbocycles. The Morgan fingerprint density at radius 1 is 1.12 bits per heavy atom. The summed E-state index contributed by atoms with van der Waals surface area (Å²) in [4.78, 5) is 2.64. The fourth-order valence-electron chi connectivity index (χ4n) is 3.34. The number of hydrogen-bond donors (Lipinski definition) is 1. The zero-order valence-electron chi connectivity index (χ0n) is 11.0. The van der Waals surface area contributed by atoms with Gasteiger partial charge in [-0.25, -0.2) is 0 Å². The third-order valence-electron chi connectivity index (χ3n) is 4.34. The molecule has 0 radical (unpaired) electrons. The highest BCUT2D eigenvalue weighted by Gasteiger charge is 2.24. The number of likely N-dealkylation sites (tertiary alicyclic amines) is 1. The Hall–Kier alpha value is -0.0800. The fraction of sp³-hybridized carbons (Fsp3) is 1.00. The van der Waals surface area contributed by atoms with Crippen molar-refractivity contribution < 1.29 is 0 Å². The fourth-order valence-corrected chi connectivity index (χ4v) is 3.34. The van der Waals surface area contributed by atoms with Crippen LogP contribution in [0, 0.1) is 5.92 Å². The summed E-state index contributed by atoms with van der Waals surface area (Å²) in [7, 11) is 0. The second kappa shape index (κ2) is 6.02. The lowest BCUT2D eigenvalue weighted by Gasteiger charge is -2.31. The predicted octanol–water partition coefficient (Wildman–Crippen LogP) is 2.64. The van der Waals surface area contributed by atoms with Crippen molar-refractivity contribution in [3.05, 3.63) is 0 Å². The summed E-state index contributed by atoms with van der Waals surface area (Å²) in [5.41, 5.74) is 0. The van der Waals surface area contributed by atoms with Crippen molar-refractivity contribution in [1.29, 1.82) is 0 Å². The molecule has 1 saturated carbocycles. The summed E-state index contributed by atoms with van der Waals surface area (Å²) in [6, 6.07) is 1.46. The van der Waals surface area contributed by atoms with Crippen LogP contribution in [0.15, 0.2) is 0 Å². The van der Waals surface area contributed by atoms with E-state index < -0.39 is 0 Å². The first kappa shape index (κ1) is 12.4. The molecule has 1 heterocycles. The highest BCUT2D eigenvalue weighted by molar-refractivity contribution is 4.83. The van der Waals surface area contributed by atoms with E-state index in [2.05, 4.69) is 24.1 Å². The predicted molar refractivity (Wildman–Crippen MR) is 69.7 cm³/mol. The van der Waals surface area contributed by atoms with E-state index in [9.17, 15) is 0 Å². The van der Waals surface area contributed by atoms with Crippen LogP contribution in [-0.4, -0.2) is 36.6 Å². The quantitative estimate of drug-likeness (QED) is 0.790. The molecule has 0 aromatic rings. The topological polar surface area (TPSA) is 15.3 Å². The molecule has 16 heavy (non-hydrogen) atoms. The highest BCUT2D eigenvalue weighted by Crippen LogP contribution is 2.25. The van der Waals surface area contributed by atoms with Crippen LogP contribution in [-0.2, 0) is 0 Å². The van der Waals surface area contributed by atoms with Gasteiger partial charge in [-0.05, 0) is 51.6 Å². The molecule has 2 nitrogen and oxygen atoms in total. The van der Waals surface area contributed by atoms with Gasteiger partial charge in [-0.1, -0.05) is 19.8 Å². The Bertz CT molecular complexity index is 199. The maximum atomic E-state index is 3.83. The lowest BCUT2D eigenvalue weighted by atomic mass is 10.1. The number of nitrogens with zero attached hydrogens (tertiary/aromatic N) is 1. The van der Waals surface area contributed by atoms with E-state index in [1.54, 1.807) is 0 Å². The zero-order valence-corrected chi connectivity index (χ0v) is 11.0. The number of hydrogen-bond acceptors (Lipinski definition) is 2. The Labute approximate surface area is 101 Å². The van der Waals surface area contributed by atoms with Gasteiger partial charge in [0, 0.05) is 18.6 Å². The summed E-state index contributed by atoms with van der Waals surface area (Å²) >= 11 is 0.